The smallest absolute Gasteiger partial charge is 0.261 e. The number of anilines is 3. The number of fused-ring (bicyclic) bond motifs is 8. The Bertz CT molecular complexity index is 2800. The molecular formula is C52H46N4O6. The Kier molecular flexibility index (Phi) is 10.1. The highest BCUT2D eigenvalue weighted by Crippen LogP contribution is 2.42. The van der Waals surface area contributed by atoms with E-state index < -0.39 is 0 Å². The number of amides is 2. The fraction of sp³-hybridized carbons (Fsp3) is 0.231. The molecule has 2 amide bonds. The maximum Gasteiger partial charge on any atom is 0.261 e. The molecule has 0 bridgehead atoms. The largest absolute Gasteiger partial charge is 0.493 e. The predicted octanol–water partition coefficient (Wildman–Crippen LogP) is 9.29. The molecule has 0 N–H and O–H groups in total. The van der Waals surface area contributed by atoms with Crippen molar-refractivity contribution in [2.75, 3.05) is 35.4 Å². The van der Waals surface area contributed by atoms with Crippen LogP contribution < -0.4 is 28.9 Å². The summed E-state index contributed by atoms with van der Waals surface area (Å²) in [7, 11) is 3.46. The van der Waals surface area contributed by atoms with Crippen LogP contribution in [-0.4, -0.2) is 56.6 Å². The molecule has 4 heterocycles. The Morgan fingerprint density at radius 2 is 1.37 bits per heavy atom. The Morgan fingerprint density at radius 3 is 2.11 bits per heavy atom. The summed E-state index contributed by atoms with van der Waals surface area (Å²) in [6.07, 6.45) is 5.07. The minimum absolute atomic E-state index is 0.000396. The molecule has 4 aliphatic rings. The van der Waals surface area contributed by atoms with E-state index >= 15 is 0 Å². The highest BCUT2D eigenvalue weighted by Gasteiger charge is 2.38. The minimum atomic E-state index is -0.176. The van der Waals surface area contributed by atoms with Gasteiger partial charge in [0.25, 0.3) is 11.8 Å². The van der Waals surface area contributed by atoms with Crippen molar-refractivity contribution in [3.05, 3.63) is 171 Å². The lowest BCUT2D eigenvalue weighted by atomic mass is 9.98. The molecule has 0 radical (unpaired) electrons. The molecule has 4 aliphatic heterocycles. The summed E-state index contributed by atoms with van der Waals surface area (Å²) in [4.78, 5) is 51.9. The molecule has 0 saturated carbocycles. The molecule has 10 rings (SSSR count). The predicted molar refractivity (Wildman–Crippen MR) is 241 cm³/mol. The number of aliphatic imine (C=N–C) groups is 1. The average molecular weight is 823 g/mol. The van der Waals surface area contributed by atoms with Crippen LogP contribution in [0, 0.1) is 6.92 Å². The van der Waals surface area contributed by atoms with Crippen molar-refractivity contribution in [2.24, 2.45) is 4.99 Å². The molecule has 0 spiro atoms. The van der Waals surface area contributed by atoms with Gasteiger partial charge in [-0.05, 0) is 108 Å². The van der Waals surface area contributed by atoms with Crippen LogP contribution in [0.1, 0.15) is 70.9 Å². The third-order valence-electron chi connectivity index (χ3n) is 12.5. The van der Waals surface area contributed by atoms with Crippen molar-refractivity contribution in [2.45, 2.75) is 57.9 Å². The first kappa shape index (κ1) is 39.0. The second-order valence-corrected chi connectivity index (χ2v) is 16.6. The van der Waals surface area contributed by atoms with Gasteiger partial charge in [0, 0.05) is 60.0 Å². The van der Waals surface area contributed by atoms with E-state index in [1.54, 1.807) is 19.2 Å². The van der Waals surface area contributed by atoms with Gasteiger partial charge in [-0.2, -0.15) is 0 Å². The molecule has 0 saturated heterocycles. The van der Waals surface area contributed by atoms with Crippen molar-refractivity contribution in [1.29, 1.82) is 0 Å². The van der Waals surface area contributed by atoms with Gasteiger partial charge in [-0.3, -0.25) is 24.3 Å². The number of carbonyl (C=O) groups excluding carboxylic acids is 3. The van der Waals surface area contributed by atoms with Crippen molar-refractivity contribution in [3.8, 4) is 17.2 Å². The SMILES string of the molecule is COc1cc2c(cc1OCc1cc(COc3cc4c(cc3C)C(=O)N3c5ccccc5C[C@H]3CC4)cc(N(C)CC(=O)c3ccccc3)c1)N=C[C@@H]1Cc3ccccc3N1C2=O. The fourth-order valence-corrected chi connectivity index (χ4v) is 9.37. The molecule has 310 valence electrons. The highest BCUT2D eigenvalue weighted by molar-refractivity contribution is 6.15. The minimum Gasteiger partial charge on any atom is -0.493 e. The Balaban J connectivity index is 0.916. The van der Waals surface area contributed by atoms with E-state index in [0.717, 1.165) is 75.5 Å². The number of rotatable bonds is 11. The second-order valence-electron chi connectivity index (χ2n) is 16.6. The topological polar surface area (TPSA) is 101 Å². The normalized spacial score (nSPS) is 16.9. The summed E-state index contributed by atoms with van der Waals surface area (Å²) in [5.41, 5.74) is 11.0. The number of hydrogen-bond donors (Lipinski definition) is 0. The van der Waals surface area contributed by atoms with Crippen molar-refractivity contribution < 1.29 is 28.6 Å². The number of hydrogen-bond acceptors (Lipinski definition) is 8. The lowest BCUT2D eigenvalue weighted by Gasteiger charge is -2.23. The summed E-state index contributed by atoms with van der Waals surface area (Å²) in [5.74, 6) is 1.51. The molecule has 6 aromatic rings. The number of nitrogens with zero attached hydrogens (tertiary/aromatic N) is 4. The molecule has 0 unspecified atom stereocenters. The van der Waals surface area contributed by atoms with E-state index in [-0.39, 0.29) is 49.4 Å². The van der Waals surface area contributed by atoms with E-state index in [2.05, 4.69) is 12.1 Å². The first-order valence-corrected chi connectivity index (χ1v) is 21.1. The summed E-state index contributed by atoms with van der Waals surface area (Å²) in [5, 5.41) is 0. The van der Waals surface area contributed by atoms with Crippen LogP contribution in [0.5, 0.6) is 17.2 Å². The van der Waals surface area contributed by atoms with Crippen LogP contribution in [0.15, 0.2) is 126 Å². The molecule has 2 atom stereocenters. The monoisotopic (exact) mass is 822 g/mol. The second kappa shape index (κ2) is 16.0. The molecule has 6 aromatic carbocycles. The zero-order chi connectivity index (χ0) is 42.5. The maximum absolute atomic E-state index is 14.0. The summed E-state index contributed by atoms with van der Waals surface area (Å²) in [6, 6.07) is 39.0. The van der Waals surface area contributed by atoms with Gasteiger partial charge in [-0.1, -0.05) is 66.7 Å². The number of Topliss-reactive ketones (excluding diaryl/α,β-unsaturated/α-hetero) is 1. The van der Waals surface area contributed by atoms with Gasteiger partial charge in [0.15, 0.2) is 17.3 Å². The van der Waals surface area contributed by atoms with Crippen LogP contribution in [0.25, 0.3) is 0 Å². The van der Waals surface area contributed by atoms with Gasteiger partial charge in [-0.15, -0.1) is 0 Å². The lowest BCUT2D eigenvalue weighted by molar-refractivity contribution is 0.0975. The highest BCUT2D eigenvalue weighted by atomic mass is 16.5. The van der Waals surface area contributed by atoms with Gasteiger partial charge in [0.2, 0.25) is 0 Å². The molecule has 10 nitrogen and oxygen atoms in total. The summed E-state index contributed by atoms with van der Waals surface area (Å²) in [6.45, 7) is 2.56. The number of carbonyl (C=O) groups is 3. The number of likely N-dealkylation sites (N-methyl/N-ethyl adjacent to an activating group) is 1. The average Bonchev–Trinajstić information content (AvgIpc) is 3.79. The van der Waals surface area contributed by atoms with Crippen LogP contribution in [0.3, 0.4) is 0 Å². The van der Waals surface area contributed by atoms with Gasteiger partial charge < -0.3 is 24.0 Å². The first-order valence-electron chi connectivity index (χ1n) is 21.1. The van der Waals surface area contributed by atoms with Crippen molar-refractivity contribution in [1.82, 2.24) is 0 Å². The van der Waals surface area contributed by atoms with E-state index in [9.17, 15) is 14.4 Å². The van der Waals surface area contributed by atoms with Crippen LogP contribution in [0.2, 0.25) is 0 Å². The van der Waals surface area contributed by atoms with Gasteiger partial charge in [-0.25, -0.2) is 0 Å². The Labute approximate surface area is 361 Å². The molecular weight excluding hydrogens is 777 g/mol. The molecule has 10 heteroatoms. The zero-order valence-electron chi connectivity index (χ0n) is 35.0. The van der Waals surface area contributed by atoms with Crippen LogP contribution in [-0.2, 0) is 32.5 Å². The number of methoxy groups -OCH3 is 1. The van der Waals surface area contributed by atoms with Crippen molar-refractivity contribution in [3.63, 3.8) is 0 Å². The molecule has 0 fully saturated rings. The summed E-state index contributed by atoms with van der Waals surface area (Å²) >= 11 is 0. The molecule has 0 aliphatic carbocycles. The zero-order valence-corrected chi connectivity index (χ0v) is 35.0. The van der Waals surface area contributed by atoms with Gasteiger partial charge in [0.05, 0.1) is 30.9 Å². The van der Waals surface area contributed by atoms with Crippen molar-refractivity contribution >= 4 is 46.6 Å². The third-order valence-corrected chi connectivity index (χ3v) is 12.5. The van der Waals surface area contributed by atoms with Crippen LogP contribution in [0.4, 0.5) is 22.7 Å². The quantitative estimate of drug-likeness (QED) is 0.120. The van der Waals surface area contributed by atoms with E-state index in [0.29, 0.717) is 34.7 Å². The van der Waals surface area contributed by atoms with E-state index in [1.165, 1.54) is 5.56 Å². The van der Waals surface area contributed by atoms with Gasteiger partial charge >= 0.3 is 0 Å². The fourth-order valence-electron chi connectivity index (χ4n) is 9.37. The maximum atomic E-state index is 14.0. The Morgan fingerprint density at radius 1 is 0.710 bits per heavy atom. The first-order chi connectivity index (χ1) is 30.2. The molecule has 0 aromatic heterocycles. The standard InChI is InChI=1S/C52H46N4O6/c1-32-19-42-36(17-18-39-23-37-13-7-9-15-45(37)55(39)51(42)58)25-48(32)61-30-33-20-34(22-40(21-33)54(2)29-47(57)35-11-5-4-6-12-35)31-62-50-27-44-43(26-49(50)60-3)52(59)56-41(28-53-44)24-38-14-8-10-16-46(38)56/h4-16,19-22,25-28,39,41H,17-18,23-24,29-31H2,1-3H3/t39-,41+/m1/s1. The van der Waals surface area contributed by atoms with E-state index in [1.807, 2.05) is 132 Å². The van der Waals surface area contributed by atoms with E-state index in [4.69, 9.17) is 19.2 Å². The number of ether oxygens (including phenoxy) is 3. The summed E-state index contributed by atoms with van der Waals surface area (Å²) < 4.78 is 18.8. The lowest BCUT2D eigenvalue weighted by Crippen LogP contribution is -2.37. The Hall–Kier alpha value is -7.20. The molecule has 62 heavy (non-hydrogen) atoms. The van der Waals surface area contributed by atoms with Gasteiger partial charge in [0.1, 0.15) is 19.0 Å². The number of para-hydroxylation sites is 2. The van der Waals surface area contributed by atoms with Crippen LogP contribution >= 0.6 is 0 Å². The number of aryl methyl sites for hydroxylation is 2. The number of ketones is 1. The third kappa shape index (κ3) is 7.15. The number of benzene rings is 6.